The molecule has 8 nitrogen and oxygen atoms in total. The highest BCUT2D eigenvalue weighted by atomic mass is 16.3. The van der Waals surface area contributed by atoms with Crippen molar-refractivity contribution in [2.45, 2.75) is 26.3 Å². The molecule has 4 aromatic heterocycles. The monoisotopic (exact) mass is 461 g/mol. The van der Waals surface area contributed by atoms with E-state index in [0.717, 1.165) is 64.4 Å². The van der Waals surface area contributed by atoms with Crippen molar-refractivity contribution < 1.29 is 4.42 Å². The maximum atomic E-state index is 5.57. The molecule has 6 aromatic rings. The number of hydrogen-bond acceptors (Lipinski definition) is 6. The predicted molar refractivity (Wildman–Crippen MR) is 133 cm³/mol. The summed E-state index contributed by atoms with van der Waals surface area (Å²) >= 11 is 0. The van der Waals surface area contributed by atoms with Gasteiger partial charge in [-0.25, -0.2) is 4.98 Å². The Kier molecular flexibility index (Phi) is 5.38. The average Bonchev–Trinajstić information content (AvgIpc) is 3.67. The van der Waals surface area contributed by atoms with E-state index in [0.29, 0.717) is 5.82 Å². The zero-order valence-electron chi connectivity index (χ0n) is 19.2. The van der Waals surface area contributed by atoms with Crippen molar-refractivity contribution in [1.82, 2.24) is 35.2 Å². The fourth-order valence-corrected chi connectivity index (χ4v) is 4.41. The summed E-state index contributed by atoms with van der Waals surface area (Å²) in [5.41, 5.74) is 7.06. The van der Waals surface area contributed by atoms with Crippen molar-refractivity contribution in [1.29, 1.82) is 0 Å². The predicted octanol–water partition coefficient (Wildman–Crippen LogP) is 5.54. The molecule has 0 saturated heterocycles. The van der Waals surface area contributed by atoms with E-state index in [1.54, 1.807) is 6.26 Å². The molecule has 0 aliphatic heterocycles. The molecule has 8 heteroatoms. The largest absolute Gasteiger partial charge is 0.463 e. The number of nitrogens with one attached hydrogen (secondary N) is 1. The minimum Gasteiger partial charge on any atom is -0.463 e. The first-order chi connectivity index (χ1) is 17.3. The van der Waals surface area contributed by atoms with Gasteiger partial charge in [0.15, 0.2) is 5.76 Å². The highest BCUT2D eigenvalue weighted by molar-refractivity contribution is 5.81. The molecule has 0 aliphatic rings. The van der Waals surface area contributed by atoms with Crippen molar-refractivity contribution >= 4 is 11.0 Å². The van der Waals surface area contributed by atoms with Crippen LogP contribution in [0.15, 0.2) is 83.6 Å². The number of aromatic nitrogens is 7. The van der Waals surface area contributed by atoms with Crippen LogP contribution in [-0.4, -0.2) is 35.2 Å². The lowest BCUT2D eigenvalue weighted by Crippen LogP contribution is -2.05. The topological polar surface area (TPSA) is 98.3 Å². The van der Waals surface area contributed by atoms with Crippen LogP contribution in [-0.2, 0) is 13.0 Å². The first-order valence-electron chi connectivity index (χ1n) is 11.6. The zero-order chi connectivity index (χ0) is 23.6. The molecule has 0 spiro atoms. The third kappa shape index (κ3) is 3.99. The second kappa shape index (κ2) is 8.98. The summed E-state index contributed by atoms with van der Waals surface area (Å²) in [6, 6.07) is 22.6. The second-order valence-corrected chi connectivity index (χ2v) is 8.38. The van der Waals surface area contributed by atoms with Crippen molar-refractivity contribution in [3.63, 3.8) is 0 Å². The van der Waals surface area contributed by atoms with Gasteiger partial charge >= 0.3 is 0 Å². The Morgan fingerprint density at radius 3 is 2.57 bits per heavy atom. The summed E-state index contributed by atoms with van der Waals surface area (Å²) in [6.45, 7) is 2.90. The molecule has 4 heterocycles. The molecule has 0 fully saturated rings. The van der Waals surface area contributed by atoms with Crippen LogP contribution < -0.4 is 0 Å². The molecule has 35 heavy (non-hydrogen) atoms. The molecule has 172 valence electrons. The first-order valence-corrected chi connectivity index (χ1v) is 11.6. The Balaban J connectivity index is 1.35. The van der Waals surface area contributed by atoms with Crippen LogP contribution in [0.4, 0.5) is 0 Å². The van der Waals surface area contributed by atoms with Crippen LogP contribution in [0.25, 0.3) is 45.0 Å². The van der Waals surface area contributed by atoms with E-state index in [-0.39, 0.29) is 0 Å². The number of pyridine rings is 1. The number of nitrogens with zero attached hydrogens (tertiary/aromatic N) is 6. The van der Waals surface area contributed by atoms with Crippen LogP contribution in [0.5, 0.6) is 0 Å². The minimum atomic E-state index is 0.583. The summed E-state index contributed by atoms with van der Waals surface area (Å²) in [5.74, 6) is 2.40. The van der Waals surface area contributed by atoms with Gasteiger partial charge in [-0.2, -0.15) is 5.21 Å². The number of aromatic amines is 1. The lowest BCUT2D eigenvalue weighted by molar-refractivity contribution is 0.580. The average molecular weight is 462 g/mol. The van der Waals surface area contributed by atoms with Crippen LogP contribution in [0, 0.1) is 0 Å². The van der Waals surface area contributed by atoms with Gasteiger partial charge in [-0.15, -0.1) is 10.2 Å². The molecule has 0 amide bonds. The summed E-state index contributed by atoms with van der Waals surface area (Å²) in [4.78, 5) is 9.43. The smallest absolute Gasteiger partial charge is 0.205 e. The number of fused-ring (bicyclic) bond motifs is 1. The minimum absolute atomic E-state index is 0.583. The second-order valence-electron chi connectivity index (χ2n) is 8.38. The van der Waals surface area contributed by atoms with Gasteiger partial charge in [0.05, 0.1) is 18.0 Å². The lowest BCUT2D eigenvalue weighted by Gasteiger charge is -2.11. The fraction of sp³-hybridized carbons (Fsp3) is 0.148. The maximum absolute atomic E-state index is 5.57. The number of furan rings is 1. The Morgan fingerprint density at radius 1 is 0.971 bits per heavy atom. The van der Waals surface area contributed by atoms with E-state index in [1.165, 1.54) is 5.56 Å². The van der Waals surface area contributed by atoms with Gasteiger partial charge in [0.2, 0.25) is 5.82 Å². The van der Waals surface area contributed by atoms with Gasteiger partial charge < -0.3 is 8.98 Å². The van der Waals surface area contributed by atoms with Gasteiger partial charge in [0.25, 0.3) is 0 Å². The summed E-state index contributed by atoms with van der Waals surface area (Å²) in [6.07, 6.45) is 5.43. The normalized spacial score (nSPS) is 11.3. The molecule has 0 aliphatic carbocycles. The van der Waals surface area contributed by atoms with E-state index in [2.05, 4.69) is 73.5 Å². The quantitative estimate of drug-likeness (QED) is 0.335. The molecule has 0 radical (unpaired) electrons. The van der Waals surface area contributed by atoms with Crippen molar-refractivity contribution in [3.8, 4) is 34.0 Å². The maximum Gasteiger partial charge on any atom is 0.205 e. The Hall–Kier alpha value is -4.59. The molecule has 2 aromatic carbocycles. The number of H-pyrrole nitrogens is 1. The van der Waals surface area contributed by atoms with Crippen LogP contribution in [0.3, 0.4) is 0 Å². The van der Waals surface area contributed by atoms with E-state index in [1.807, 2.05) is 36.5 Å². The Labute approximate surface area is 201 Å². The van der Waals surface area contributed by atoms with Crippen molar-refractivity contribution in [2.75, 3.05) is 0 Å². The highest BCUT2D eigenvalue weighted by Crippen LogP contribution is 2.30. The van der Waals surface area contributed by atoms with Gasteiger partial charge in [-0.05, 0) is 46.5 Å². The molecular formula is C27H23N7O. The molecular weight excluding hydrogens is 438 g/mol. The van der Waals surface area contributed by atoms with E-state index in [4.69, 9.17) is 9.40 Å². The lowest BCUT2D eigenvalue weighted by atomic mass is 9.98. The van der Waals surface area contributed by atoms with Gasteiger partial charge in [0.1, 0.15) is 17.0 Å². The fourth-order valence-electron chi connectivity index (χ4n) is 4.41. The summed E-state index contributed by atoms with van der Waals surface area (Å²) < 4.78 is 7.85. The van der Waals surface area contributed by atoms with E-state index in [9.17, 15) is 0 Å². The number of rotatable bonds is 7. The summed E-state index contributed by atoms with van der Waals surface area (Å²) in [7, 11) is 0. The molecule has 6 rings (SSSR count). The molecule has 1 N–H and O–H groups in total. The van der Waals surface area contributed by atoms with Crippen molar-refractivity contribution in [3.05, 3.63) is 90.6 Å². The van der Waals surface area contributed by atoms with Crippen molar-refractivity contribution in [2.24, 2.45) is 0 Å². The Bertz CT molecular complexity index is 1570. The van der Waals surface area contributed by atoms with Crippen LogP contribution >= 0.6 is 0 Å². The molecule has 0 atom stereocenters. The third-order valence-electron chi connectivity index (χ3n) is 6.08. The molecule has 0 saturated carbocycles. The number of hydrogen-bond donors (Lipinski definition) is 1. The number of imidazole rings is 1. The SMILES string of the molecule is CCCc1nc2cnc(-c3ccco3)cc2n1Cc1ccc(-c2ccccc2-c2nn[nH]n2)cc1. The van der Waals surface area contributed by atoms with Gasteiger partial charge in [-0.3, -0.25) is 4.98 Å². The van der Waals surface area contributed by atoms with Gasteiger partial charge in [-0.1, -0.05) is 55.5 Å². The van der Waals surface area contributed by atoms with E-state index < -0.39 is 0 Å². The number of benzene rings is 2. The number of tetrazole rings is 1. The zero-order valence-corrected chi connectivity index (χ0v) is 19.2. The third-order valence-corrected chi connectivity index (χ3v) is 6.08. The van der Waals surface area contributed by atoms with Gasteiger partial charge in [0, 0.05) is 18.5 Å². The van der Waals surface area contributed by atoms with Crippen LogP contribution in [0.1, 0.15) is 24.7 Å². The molecule has 0 bridgehead atoms. The standard InChI is InChI=1S/C27H23N7O/c1-2-6-26-29-23-16-28-22(25-9-5-14-35-25)15-24(23)34(26)17-18-10-12-19(13-11-18)20-7-3-4-8-21(20)27-30-32-33-31-27/h3-5,7-16H,2,6,17H2,1H3,(H,30,31,32,33). The van der Waals surface area contributed by atoms with E-state index >= 15 is 0 Å². The first kappa shape index (κ1) is 21.0. The number of aryl methyl sites for hydroxylation is 1. The summed E-state index contributed by atoms with van der Waals surface area (Å²) in [5, 5.41) is 14.5. The Morgan fingerprint density at radius 2 is 1.83 bits per heavy atom. The highest BCUT2D eigenvalue weighted by Gasteiger charge is 2.15. The van der Waals surface area contributed by atoms with Crippen LogP contribution in [0.2, 0.25) is 0 Å². The molecule has 0 unspecified atom stereocenters.